The molecule has 0 aliphatic carbocycles. The molecule has 2 rings (SSSR count). The van der Waals surface area contributed by atoms with Crippen LogP contribution in [-0.4, -0.2) is 35.0 Å². The van der Waals surface area contributed by atoms with Gasteiger partial charge in [-0.2, -0.15) is 0 Å². The van der Waals surface area contributed by atoms with Crippen LogP contribution in [0.15, 0.2) is 0 Å². The van der Waals surface area contributed by atoms with Crippen molar-refractivity contribution in [1.29, 1.82) is 0 Å². The Balaban J connectivity index is 2.19. The molecular formula is C10H18F2N2. The van der Waals surface area contributed by atoms with E-state index in [0.29, 0.717) is 0 Å². The van der Waals surface area contributed by atoms with Crippen LogP contribution in [-0.2, 0) is 0 Å². The number of alkyl halides is 2. The van der Waals surface area contributed by atoms with Gasteiger partial charge in [0.05, 0.1) is 6.54 Å². The molecule has 0 spiro atoms. The molecule has 0 saturated carbocycles. The van der Waals surface area contributed by atoms with Gasteiger partial charge in [0.2, 0.25) is 0 Å². The van der Waals surface area contributed by atoms with Crippen molar-refractivity contribution in [3.05, 3.63) is 0 Å². The molecule has 82 valence electrons. The Labute approximate surface area is 83.4 Å². The van der Waals surface area contributed by atoms with Crippen molar-refractivity contribution in [1.82, 2.24) is 4.90 Å². The number of fused-ring (bicyclic) bond motifs is 1. The predicted octanol–water partition coefficient (Wildman–Crippen LogP) is 1.60. The standard InChI is InChI=1S/C10H18F2N2/c1-9(2)4-7(13)3-8-5-10(11,12)6-14(8)9/h7-8H,3-6,13H2,1-2H3. The molecule has 2 nitrogen and oxygen atoms in total. The van der Waals surface area contributed by atoms with E-state index in [4.69, 9.17) is 5.73 Å². The lowest BCUT2D eigenvalue weighted by molar-refractivity contribution is -0.00759. The molecule has 0 aromatic carbocycles. The van der Waals surface area contributed by atoms with Gasteiger partial charge in [0.1, 0.15) is 0 Å². The summed E-state index contributed by atoms with van der Waals surface area (Å²) in [6.07, 6.45) is 1.53. The second-order valence-corrected chi connectivity index (χ2v) is 5.35. The van der Waals surface area contributed by atoms with Gasteiger partial charge in [-0.25, -0.2) is 8.78 Å². The molecule has 0 amide bonds. The zero-order valence-electron chi connectivity index (χ0n) is 8.76. The van der Waals surface area contributed by atoms with Gasteiger partial charge in [-0.1, -0.05) is 0 Å². The number of hydrogen-bond acceptors (Lipinski definition) is 2. The summed E-state index contributed by atoms with van der Waals surface area (Å²) in [5.41, 5.74) is 5.72. The smallest absolute Gasteiger partial charge is 0.262 e. The molecular weight excluding hydrogens is 186 g/mol. The molecule has 0 aromatic rings. The highest BCUT2D eigenvalue weighted by molar-refractivity contribution is 5.03. The molecule has 2 atom stereocenters. The Morgan fingerprint density at radius 1 is 1.29 bits per heavy atom. The second kappa shape index (κ2) is 2.89. The summed E-state index contributed by atoms with van der Waals surface area (Å²) < 4.78 is 26.5. The quantitative estimate of drug-likeness (QED) is 0.649. The zero-order chi connectivity index (χ0) is 10.6. The Morgan fingerprint density at radius 3 is 2.57 bits per heavy atom. The maximum Gasteiger partial charge on any atom is 0.262 e. The summed E-state index contributed by atoms with van der Waals surface area (Å²) in [5, 5.41) is 0. The molecule has 0 bridgehead atoms. The Kier molecular flexibility index (Phi) is 2.13. The van der Waals surface area contributed by atoms with Gasteiger partial charge in [-0.15, -0.1) is 0 Å². The molecule has 0 radical (unpaired) electrons. The zero-order valence-corrected chi connectivity index (χ0v) is 8.76. The third-order valence-corrected chi connectivity index (χ3v) is 3.49. The van der Waals surface area contributed by atoms with Crippen LogP contribution in [0, 0.1) is 0 Å². The molecule has 4 heteroatoms. The van der Waals surface area contributed by atoms with Crippen molar-refractivity contribution in [2.24, 2.45) is 5.73 Å². The first-order valence-corrected chi connectivity index (χ1v) is 5.20. The lowest BCUT2D eigenvalue weighted by Gasteiger charge is -2.46. The fraction of sp³-hybridized carbons (Fsp3) is 1.00. The van der Waals surface area contributed by atoms with E-state index in [1.165, 1.54) is 0 Å². The van der Waals surface area contributed by atoms with Crippen molar-refractivity contribution in [2.45, 2.75) is 56.7 Å². The molecule has 2 aliphatic rings. The third kappa shape index (κ3) is 1.65. The van der Waals surface area contributed by atoms with Crippen LogP contribution in [0.4, 0.5) is 8.78 Å². The van der Waals surface area contributed by atoms with Gasteiger partial charge in [-0.3, -0.25) is 4.90 Å². The van der Waals surface area contributed by atoms with Crippen molar-refractivity contribution in [3.63, 3.8) is 0 Å². The normalized spacial score (nSPS) is 40.9. The number of halogens is 2. The first-order valence-electron chi connectivity index (χ1n) is 5.20. The lowest BCUT2D eigenvalue weighted by atomic mass is 9.84. The van der Waals surface area contributed by atoms with Crippen LogP contribution in [0.5, 0.6) is 0 Å². The highest BCUT2D eigenvalue weighted by Gasteiger charge is 2.52. The SMILES string of the molecule is CC1(C)CC(N)CC2CC(F)(F)CN21. The lowest BCUT2D eigenvalue weighted by Crippen LogP contribution is -2.56. The molecule has 2 unspecified atom stereocenters. The molecule has 14 heavy (non-hydrogen) atoms. The van der Waals surface area contributed by atoms with Gasteiger partial charge >= 0.3 is 0 Å². The van der Waals surface area contributed by atoms with Gasteiger partial charge in [0.25, 0.3) is 5.92 Å². The molecule has 0 aromatic heterocycles. The van der Waals surface area contributed by atoms with E-state index in [9.17, 15) is 8.78 Å². The summed E-state index contributed by atoms with van der Waals surface area (Å²) >= 11 is 0. The minimum atomic E-state index is -2.51. The first-order chi connectivity index (χ1) is 6.30. The van der Waals surface area contributed by atoms with Gasteiger partial charge < -0.3 is 5.73 Å². The molecule has 2 heterocycles. The van der Waals surface area contributed by atoms with E-state index in [0.717, 1.165) is 12.8 Å². The summed E-state index contributed by atoms with van der Waals surface area (Å²) in [5.74, 6) is -2.51. The number of hydrogen-bond donors (Lipinski definition) is 1. The van der Waals surface area contributed by atoms with Crippen molar-refractivity contribution in [2.75, 3.05) is 6.54 Å². The minimum Gasteiger partial charge on any atom is -0.328 e. The number of rotatable bonds is 0. The van der Waals surface area contributed by atoms with Gasteiger partial charge in [0, 0.05) is 24.0 Å². The van der Waals surface area contributed by atoms with Crippen molar-refractivity contribution in [3.8, 4) is 0 Å². The maximum atomic E-state index is 13.2. The molecule has 2 aliphatic heterocycles. The van der Waals surface area contributed by atoms with E-state index in [1.54, 1.807) is 0 Å². The fourth-order valence-electron chi connectivity index (χ4n) is 3.01. The van der Waals surface area contributed by atoms with Crippen LogP contribution < -0.4 is 5.73 Å². The Morgan fingerprint density at radius 2 is 1.93 bits per heavy atom. The van der Waals surface area contributed by atoms with E-state index in [-0.39, 0.29) is 30.6 Å². The van der Waals surface area contributed by atoms with Crippen LogP contribution in [0.25, 0.3) is 0 Å². The monoisotopic (exact) mass is 204 g/mol. The van der Waals surface area contributed by atoms with E-state index < -0.39 is 5.92 Å². The largest absolute Gasteiger partial charge is 0.328 e. The number of nitrogens with two attached hydrogens (primary N) is 1. The second-order valence-electron chi connectivity index (χ2n) is 5.35. The minimum absolute atomic E-state index is 0.00979. The van der Waals surface area contributed by atoms with E-state index >= 15 is 0 Å². The Bertz CT molecular complexity index is 240. The van der Waals surface area contributed by atoms with Crippen molar-refractivity contribution >= 4 is 0 Å². The van der Waals surface area contributed by atoms with Crippen LogP contribution in [0.2, 0.25) is 0 Å². The highest BCUT2D eigenvalue weighted by atomic mass is 19.3. The average molecular weight is 204 g/mol. The fourth-order valence-corrected chi connectivity index (χ4v) is 3.01. The van der Waals surface area contributed by atoms with Crippen LogP contribution in [0.3, 0.4) is 0 Å². The topological polar surface area (TPSA) is 29.3 Å². The van der Waals surface area contributed by atoms with Gasteiger partial charge in [-0.05, 0) is 26.7 Å². The first kappa shape index (κ1) is 10.3. The predicted molar refractivity (Wildman–Crippen MR) is 51.3 cm³/mol. The molecule has 2 saturated heterocycles. The molecule has 2 N–H and O–H groups in total. The van der Waals surface area contributed by atoms with Gasteiger partial charge in [0.15, 0.2) is 0 Å². The van der Waals surface area contributed by atoms with Crippen LogP contribution >= 0.6 is 0 Å². The third-order valence-electron chi connectivity index (χ3n) is 3.49. The number of nitrogens with zero attached hydrogens (tertiary/aromatic N) is 1. The molecule has 2 fully saturated rings. The summed E-state index contributed by atoms with van der Waals surface area (Å²) in [7, 11) is 0. The Hall–Kier alpha value is -0.220. The van der Waals surface area contributed by atoms with E-state index in [2.05, 4.69) is 0 Å². The maximum absolute atomic E-state index is 13.2. The summed E-state index contributed by atoms with van der Waals surface area (Å²) in [6.45, 7) is 3.94. The number of piperidine rings is 1. The summed E-state index contributed by atoms with van der Waals surface area (Å²) in [6, 6.07) is 0.0731. The summed E-state index contributed by atoms with van der Waals surface area (Å²) in [4.78, 5) is 1.94. The van der Waals surface area contributed by atoms with Crippen molar-refractivity contribution < 1.29 is 8.78 Å². The average Bonchev–Trinajstić information content (AvgIpc) is 2.22. The highest BCUT2D eigenvalue weighted by Crippen LogP contribution is 2.42. The van der Waals surface area contributed by atoms with Crippen LogP contribution in [0.1, 0.15) is 33.1 Å². The van der Waals surface area contributed by atoms with E-state index in [1.807, 2.05) is 18.7 Å².